The number of hydrogen-bond acceptors (Lipinski definition) is 3. The lowest BCUT2D eigenvalue weighted by molar-refractivity contribution is -0.109. The van der Waals surface area contributed by atoms with Gasteiger partial charge in [-0.2, -0.15) is 5.10 Å². The molecule has 0 aromatic heterocycles. The molecule has 0 spiro atoms. The zero-order valence-corrected chi connectivity index (χ0v) is 13.0. The van der Waals surface area contributed by atoms with Crippen LogP contribution >= 0.6 is 0 Å². The van der Waals surface area contributed by atoms with Gasteiger partial charge in [-0.1, -0.05) is 60.7 Å². The monoisotopic (exact) mass is 307 g/mol. The summed E-state index contributed by atoms with van der Waals surface area (Å²) >= 11 is 0. The van der Waals surface area contributed by atoms with Gasteiger partial charge in [-0.15, -0.1) is 0 Å². The van der Waals surface area contributed by atoms with Gasteiger partial charge >= 0.3 is 0 Å². The minimum Gasteiger partial charge on any atom is -0.354 e. The lowest BCUT2D eigenvalue weighted by Crippen LogP contribution is -2.23. The Morgan fingerprint density at radius 3 is 1.96 bits per heavy atom. The number of nitrogens with one attached hydrogen (secondary N) is 1. The van der Waals surface area contributed by atoms with E-state index in [0.717, 1.165) is 12.8 Å². The highest BCUT2D eigenvalue weighted by molar-refractivity contribution is 5.63. The van der Waals surface area contributed by atoms with Gasteiger partial charge in [0.25, 0.3) is 0 Å². The molecule has 1 N–H and O–H groups in total. The summed E-state index contributed by atoms with van der Waals surface area (Å²) in [6.45, 7) is 0.447. The molecule has 1 aliphatic rings. The lowest BCUT2D eigenvalue weighted by atomic mass is 10.0. The molecule has 4 heteroatoms. The molecule has 4 nitrogen and oxygen atoms in total. The largest absolute Gasteiger partial charge is 0.354 e. The van der Waals surface area contributed by atoms with E-state index in [9.17, 15) is 4.79 Å². The third-order valence-electron chi connectivity index (χ3n) is 4.23. The standard InChI is InChI=1S/C19H21N3O/c23-15-20-13-14-21-22-18(16-7-3-1-4-8-16)11-12-19(22)17-9-5-2-6-10-17/h1-10,14-15,18-19H,11-13H2,(H,20,23)/b21-14+/t18-,19-/m0/s1. The molecular weight excluding hydrogens is 286 g/mol. The zero-order chi connectivity index (χ0) is 15.9. The van der Waals surface area contributed by atoms with Crippen LogP contribution < -0.4 is 5.32 Å². The Morgan fingerprint density at radius 2 is 1.48 bits per heavy atom. The Morgan fingerprint density at radius 1 is 0.957 bits per heavy atom. The van der Waals surface area contributed by atoms with Crippen molar-refractivity contribution in [1.82, 2.24) is 10.3 Å². The number of amides is 1. The van der Waals surface area contributed by atoms with Gasteiger partial charge in [-0.3, -0.25) is 9.80 Å². The number of benzene rings is 2. The highest BCUT2D eigenvalue weighted by atomic mass is 16.1. The molecule has 2 aromatic rings. The number of hydrogen-bond donors (Lipinski definition) is 1. The molecule has 1 amide bonds. The third-order valence-corrected chi connectivity index (χ3v) is 4.23. The molecule has 0 aliphatic carbocycles. The van der Waals surface area contributed by atoms with E-state index in [1.165, 1.54) is 11.1 Å². The first-order valence-electron chi connectivity index (χ1n) is 7.98. The van der Waals surface area contributed by atoms with Crippen molar-refractivity contribution in [2.45, 2.75) is 24.9 Å². The molecule has 1 aliphatic heterocycles. The van der Waals surface area contributed by atoms with Crippen molar-refractivity contribution in [2.24, 2.45) is 5.10 Å². The number of carbonyl (C=O) groups excluding carboxylic acids is 1. The second kappa shape index (κ2) is 7.58. The van der Waals surface area contributed by atoms with E-state index in [-0.39, 0.29) is 12.1 Å². The lowest BCUT2D eigenvalue weighted by Gasteiger charge is -2.28. The Balaban J connectivity index is 1.85. The summed E-state index contributed by atoms with van der Waals surface area (Å²) < 4.78 is 0. The van der Waals surface area contributed by atoms with Gasteiger partial charge < -0.3 is 5.32 Å². The van der Waals surface area contributed by atoms with Crippen molar-refractivity contribution >= 4 is 12.6 Å². The van der Waals surface area contributed by atoms with Gasteiger partial charge in [0.1, 0.15) is 0 Å². The fourth-order valence-corrected chi connectivity index (χ4v) is 3.18. The van der Waals surface area contributed by atoms with Gasteiger partial charge in [0, 0.05) is 6.21 Å². The van der Waals surface area contributed by atoms with Crippen molar-refractivity contribution in [3.05, 3.63) is 71.8 Å². The molecule has 3 rings (SSSR count). The predicted molar refractivity (Wildman–Crippen MR) is 92.0 cm³/mol. The number of rotatable bonds is 6. The summed E-state index contributed by atoms with van der Waals surface area (Å²) in [5.41, 5.74) is 2.57. The van der Waals surface area contributed by atoms with Crippen molar-refractivity contribution in [2.75, 3.05) is 6.54 Å². The molecule has 2 atom stereocenters. The molecular formula is C19H21N3O. The van der Waals surface area contributed by atoms with Gasteiger partial charge in [-0.05, 0) is 24.0 Å². The van der Waals surface area contributed by atoms with E-state index < -0.39 is 0 Å². The molecule has 1 fully saturated rings. The van der Waals surface area contributed by atoms with Gasteiger partial charge in [0.05, 0.1) is 18.6 Å². The average molecular weight is 307 g/mol. The maximum atomic E-state index is 10.4. The number of hydrazone groups is 1. The first-order valence-corrected chi connectivity index (χ1v) is 7.98. The fourth-order valence-electron chi connectivity index (χ4n) is 3.18. The summed E-state index contributed by atoms with van der Waals surface area (Å²) in [6.07, 6.45) is 4.61. The topological polar surface area (TPSA) is 44.7 Å². The zero-order valence-electron chi connectivity index (χ0n) is 13.0. The fraction of sp³-hybridized carbons (Fsp3) is 0.263. The number of carbonyl (C=O) groups is 1. The Kier molecular flexibility index (Phi) is 5.04. The first kappa shape index (κ1) is 15.3. The van der Waals surface area contributed by atoms with Gasteiger partial charge in [0.2, 0.25) is 6.41 Å². The molecule has 118 valence electrons. The summed E-state index contributed by atoms with van der Waals surface area (Å²) in [6, 6.07) is 21.5. The van der Waals surface area contributed by atoms with Crippen LogP contribution in [-0.2, 0) is 4.79 Å². The average Bonchev–Trinajstić information content (AvgIpc) is 3.04. The maximum Gasteiger partial charge on any atom is 0.207 e. The molecule has 2 aromatic carbocycles. The van der Waals surface area contributed by atoms with Gasteiger partial charge in [-0.25, -0.2) is 0 Å². The molecule has 0 unspecified atom stereocenters. The third kappa shape index (κ3) is 3.59. The molecule has 1 heterocycles. The second-order valence-corrected chi connectivity index (χ2v) is 5.63. The van der Waals surface area contributed by atoms with E-state index in [4.69, 9.17) is 0 Å². The highest BCUT2D eigenvalue weighted by Crippen LogP contribution is 2.43. The molecule has 0 saturated carbocycles. The van der Waals surface area contributed by atoms with Crippen LogP contribution in [-0.4, -0.2) is 24.2 Å². The smallest absolute Gasteiger partial charge is 0.207 e. The van der Waals surface area contributed by atoms with Crippen LogP contribution in [0.15, 0.2) is 65.8 Å². The minimum absolute atomic E-state index is 0.272. The van der Waals surface area contributed by atoms with E-state index >= 15 is 0 Å². The van der Waals surface area contributed by atoms with Crippen molar-refractivity contribution in [3.8, 4) is 0 Å². The van der Waals surface area contributed by atoms with Crippen molar-refractivity contribution in [1.29, 1.82) is 0 Å². The van der Waals surface area contributed by atoms with Crippen LogP contribution in [0.5, 0.6) is 0 Å². The van der Waals surface area contributed by atoms with Crippen LogP contribution in [0.2, 0.25) is 0 Å². The van der Waals surface area contributed by atoms with Crippen LogP contribution in [0, 0.1) is 0 Å². The summed E-state index contributed by atoms with van der Waals surface area (Å²) in [5, 5.41) is 9.47. The Bertz CT molecular complexity index is 595. The SMILES string of the molecule is O=CNC/C=N/N1[C@H](c2ccccc2)CC[C@H]1c1ccccc1. The highest BCUT2D eigenvalue weighted by Gasteiger charge is 2.34. The van der Waals surface area contributed by atoms with E-state index in [1.54, 1.807) is 6.21 Å². The molecule has 0 radical (unpaired) electrons. The van der Waals surface area contributed by atoms with Gasteiger partial charge in [0.15, 0.2) is 0 Å². The number of nitrogens with zero attached hydrogens (tertiary/aromatic N) is 2. The molecule has 1 saturated heterocycles. The van der Waals surface area contributed by atoms with Crippen molar-refractivity contribution in [3.63, 3.8) is 0 Å². The summed E-state index contributed by atoms with van der Waals surface area (Å²) in [7, 11) is 0. The van der Waals surface area contributed by atoms with E-state index in [2.05, 4.69) is 64.0 Å². The van der Waals surface area contributed by atoms with Crippen molar-refractivity contribution < 1.29 is 4.79 Å². The quantitative estimate of drug-likeness (QED) is 0.505. The normalized spacial score (nSPS) is 20.8. The Labute approximate surface area is 136 Å². The van der Waals surface area contributed by atoms with Crippen LogP contribution in [0.3, 0.4) is 0 Å². The van der Waals surface area contributed by atoms with Crippen LogP contribution in [0.1, 0.15) is 36.1 Å². The van der Waals surface area contributed by atoms with E-state index in [1.807, 2.05) is 12.1 Å². The van der Waals surface area contributed by atoms with E-state index in [0.29, 0.717) is 13.0 Å². The maximum absolute atomic E-state index is 10.4. The molecule has 0 bridgehead atoms. The first-order chi connectivity index (χ1) is 11.4. The second-order valence-electron chi connectivity index (χ2n) is 5.63. The summed E-state index contributed by atoms with van der Waals surface area (Å²) in [4.78, 5) is 10.4. The van der Waals surface area contributed by atoms with Crippen LogP contribution in [0.25, 0.3) is 0 Å². The van der Waals surface area contributed by atoms with Crippen LogP contribution in [0.4, 0.5) is 0 Å². The minimum atomic E-state index is 0.272. The Hall–Kier alpha value is -2.62. The predicted octanol–water partition coefficient (Wildman–Crippen LogP) is 3.30. The molecule has 23 heavy (non-hydrogen) atoms. The summed E-state index contributed by atoms with van der Waals surface area (Å²) in [5.74, 6) is 0.